The van der Waals surface area contributed by atoms with E-state index in [1.807, 2.05) is 0 Å². The summed E-state index contributed by atoms with van der Waals surface area (Å²) in [5, 5.41) is 9.22. The molecule has 9 heteroatoms. The number of aromatic nitrogens is 3. The van der Waals surface area contributed by atoms with Gasteiger partial charge in [-0.1, -0.05) is 17.3 Å². The molecule has 0 aliphatic carbocycles. The van der Waals surface area contributed by atoms with Gasteiger partial charge in [0, 0.05) is 18.5 Å². The Morgan fingerprint density at radius 1 is 1.19 bits per heavy atom. The van der Waals surface area contributed by atoms with Crippen molar-refractivity contribution in [3.05, 3.63) is 59.6 Å². The van der Waals surface area contributed by atoms with Gasteiger partial charge in [0.25, 0.3) is 5.91 Å². The molecule has 138 valence electrons. The molecule has 9 nitrogen and oxygen atoms in total. The molecule has 0 saturated carbocycles. The average Bonchev–Trinajstić information content (AvgIpc) is 3.07. The number of aryl methyl sites for hydroxylation is 1. The maximum absolute atomic E-state index is 12.2. The van der Waals surface area contributed by atoms with E-state index < -0.39 is 11.9 Å². The minimum atomic E-state index is -0.445. The lowest BCUT2D eigenvalue weighted by atomic mass is 10.2. The SMILES string of the molecule is CCOC(=O)c1ccccc1Nc1ncc(C(=O)Nc2cc(C)on2)cn1. The maximum Gasteiger partial charge on any atom is 0.340 e. The van der Waals surface area contributed by atoms with E-state index >= 15 is 0 Å². The lowest BCUT2D eigenvalue weighted by Crippen LogP contribution is -2.13. The Morgan fingerprint density at radius 3 is 2.59 bits per heavy atom. The van der Waals surface area contributed by atoms with Crippen molar-refractivity contribution in [3.63, 3.8) is 0 Å². The molecule has 0 spiro atoms. The first kappa shape index (κ1) is 18.1. The summed E-state index contributed by atoms with van der Waals surface area (Å²) in [4.78, 5) is 32.4. The number of rotatable bonds is 6. The highest BCUT2D eigenvalue weighted by Gasteiger charge is 2.14. The quantitative estimate of drug-likeness (QED) is 0.638. The zero-order valence-electron chi connectivity index (χ0n) is 14.7. The molecule has 27 heavy (non-hydrogen) atoms. The van der Waals surface area contributed by atoms with Crippen molar-refractivity contribution in [2.45, 2.75) is 13.8 Å². The Labute approximate surface area is 154 Å². The summed E-state index contributed by atoms with van der Waals surface area (Å²) in [6.45, 7) is 3.74. The minimum absolute atomic E-state index is 0.237. The standard InChI is InChI=1S/C18H17N5O4/c1-3-26-17(25)13-6-4-5-7-14(13)21-18-19-9-12(10-20-18)16(24)22-15-8-11(2)27-23-15/h4-10H,3H2,1-2H3,(H,19,20,21)(H,22,23,24). The van der Waals surface area contributed by atoms with E-state index in [1.165, 1.54) is 12.4 Å². The molecule has 0 aliphatic rings. The summed E-state index contributed by atoms with van der Waals surface area (Å²) in [5.74, 6) is 0.270. The van der Waals surface area contributed by atoms with Gasteiger partial charge < -0.3 is 19.9 Å². The van der Waals surface area contributed by atoms with Crippen LogP contribution in [0, 0.1) is 6.92 Å². The Hall–Kier alpha value is -3.75. The number of carbonyl (C=O) groups excluding carboxylic acids is 2. The number of benzene rings is 1. The third-order valence-corrected chi connectivity index (χ3v) is 3.45. The lowest BCUT2D eigenvalue weighted by Gasteiger charge is -2.10. The van der Waals surface area contributed by atoms with Crippen molar-refractivity contribution in [3.8, 4) is 0 Å². The van der Waals surface area contributed by atoms with Gasteiger partial charge in [0.2, 0.25) is 5.95 Å². The summed E-state index contributed by atoms with van der Waals surface area (Å²) in [7, 11) is 0. The van der Waals surface area contributed by atoms with Crippen LogP contribution in [-0.2, 0) is 4.74 Å². The van der Waals surface area contributed by atoms with Crippen LogP contribution in [0.15, 0.2) is 47.2 Å². The van der Waals surface area contributed by atoms with Crippen LogP contribution in [0.3, 0.4) is 0 Å². The van der Waals surface area contributed by atoms with Crippen LogP contribution < -0.4 is 10.6 Å². The normalized spacial score (nSPS) is 10.3. The van der Waals surface area contributed by atoms with Gasteiger partial charge in [0.05, 0.1) is 23.4 Å². The van der Waals surface area contributed by atoms with Gasteiger partial charge >= 0.3 is 5.97 Å². The minimum Gasteiger partial charge on any atom is -0.462 e. The molecule has 1 amide bonds. The average molecular weight is 367 g/mol. The smallest absolute Gasteiger partial charge is 0.340 e. The molecule has 0 saturated heterocycles. The summed E-state index contributed by atoms with van der Waals surface area (Å²) in [6.07, 6.45) is 2.73. The van der Waals surface area contributed by atoms with Gasteiger partial charge in [0.15, 0.2) is 5.82 Å². The monoisotopic (exact) mass is 367 g/mol. The molecule has 1 aromatic carbocycles. The fourth-order valence-electron chi connectivity index (χ4n) is 2.22. The van der Waals surface area contributed by atoms with Crippen LogP contribution in [0.1, 0.15) is 33.4 Å². The number of amides is 1. The zero-order valence-corrected chi connectivity index (χ0v) is 14.7. The van der Waals surface area contributed by atoms with Crippen molar-refractivity contribution in [1.29, 1.82) is 0 Å². The van der Waals surface area contributed by atoms with Crippen molar-refractivity contribution >= 4 is 29.3 Å². The van der Waals surface area contributed by atoms with Gasteiger partial charge in [-0.15, -0.1) is 0 Å². The van der Waals surface area contributed by atoms with Crippen molar-refractivity contribution in [1.82, 2.24) is 15.1 Å². The number of hydrogen-bond acceptors (Lipinski definition) is 8. The zero-order chi connectivity index (χ0) is 19.2. The molecule has 2 heterocycles. The van der Waals surface area contributed by atoms with E-state index in [0.717, 1.165) is 0 Å². The summed E-state index contributed by atoms with van der Waals surface area (Å²) < 4.78 is 9.92. The molecule has 2 aromatic heterocycles. The van der Waals surface area contributed by atoms with Gasteiger partial charge in [-0.25, -0.2) is 14.8 Å². The molecular weight excluding hydrogens is 350 g/mol. The van der Waals surface area contributed by atoms with Gasteiger partial charge in [-0.05, 0) is 26.0 Å². The highest BCUT2D eigenvalue weighted by Crippen LogP contribution is 2.19. The van der Waals surface area contributed by atoms with Crippen molar-refractivity contribution < 1.29 is 18.8 Å². The first-order valence-electron chi connectivity index (χ1n) is 8.16. The van der Waals surface area contributed by atoms with Gasteiger partial charge in [0.1, 0.15) is 5.76 Å². The number of nitrogens with zero attached hydrogens (tertiary/aromatic N) is 3. The molecule has 3 aromatic rings. The van der Waals surface area contributed by atoms with E-state index in [9.17, 15) is 9.59 Å². The second-order valence-electron chi connectivity index (χ2n) is 5.46. The Kier molecular flexibility index (Phi) is 5.41. The number of hydrogen-bond donors (Lipinski definition) is 2. The first-order chi connectivity index (χ1) is 13.1. The highest BCUT2D eigenvalue weighted by molar-refractivity contribution is 6.03. The van der Waals surface area contributed by atoms with E-state index in [4.69, 9.17) is 9.26 Å². The van der Waals surface area contributed by atoms with E-state index in [-0.39, 0.29) is 18.1 Å². The molecule has 2 N–H and O–H groups in total. The number of esters is 1. The van der Waals surface area contributed by atoms with Crippen LogP contribution in [0.25, 0.3) is 0 Å². The van der Waals surface area contributed by atoms with E-state index in [0.29, 0.717) is 22.8 Å². The molecule has 0 radical (unpaired) electrons. The van der Waals surface area contributed by atoms with E-state index in [1.54, 1.807) is 44.2 Å². The van der Waals surface area contributed by atoms with Crippen molar-refractivity contribution in [2.75, 3.05) is 17.2 Å². The predicted octanol–water partition coefficient (Wildman–Crippen LogP) is 2.95. The fourth-order valence-corrected chi connectivity index (χ4v) is 2.22. The largest absolute Gasteiger partial charge is 0.462 e. The molecule has 0 aliphatic heterocycles. The predicted molar refractivity (Wildman–Crippen MR) is 96.9 cm³/mol. The summed E-state index contributed by atoms with van der Waals surface area (Å²) in [6, 6.07) is 8.45. The van der Waals surface area contributed by atoms with Crippen molar-refractivity contribution in [2.24, 2.45) is 0 Å². The fraction of sp³-hybridized carbons (Fsp3) is 0.167. The maximum atomic E-state index is 12.2. The van der Waals surface area contributed by atoms with Crippen LogP contribution in [0.2, 0.25) is 0 Å². The summed E-state index contributed by atoms with van der Waals surface area (Å²) in [5.41, 5.74) is 1.12. The van der Waals surface area contributed by atoms with E-state index in [2.05, 4.69) is 25.8 Å². The van der Waals surface area contributed by atoms with Crippen LogP contribution in [0.4, 0.5) is 17.5 Å². The van der Waals surface area contributed by atoms with Gasteiger partial charge in [-0.3, -0.25) is 4.79 Å². The summed E-state index contributed by atoms with van der Waals surface area (Å²) >= 11 is 0. The Balaban J connectivity index is 1.71. The van der Waals surface area contributed by atoms with Gasteiger partial charge in [-0.2, -0.15) is 0 Å². The Bertz CT molecular complexity index is 952. The number of anilines is 3. The third kappa shape index (κ3) is 4.46. The number of ether oxygens (including phenoxy) is 1. The molecule has 0 bridgehead atoms. The second-order valence-corrected chi connectivity index (χ2v) is 5.46. The third-order valence-electron chi connectivity index (χ3n) is 3.45. The Morgan fingerprint density at radius 2 is 1.93 bits per heavy atom. The first-order valence-corrected chi connectivity index (χ1v) is 8.16. The molecule has 0 unspecified atom stereocenters. The number of carbonyl (C=O) groups is 2. The second kappa shape index (κ2) is 8.09. The molecule has 0 atom stereocenters. The lowest BCUT2D eigenvalue weighted by molar-refractivity contribution is 0.0527. The number of nitrogens with one attached hydrogen (secondary N) is 2. The molecular formula is C18H17N5O4. The van der Waals surface area contributed by atoms with Crippen LogP contribution in [0.5, 0.6) is 0 Å². The topological polar surface area (TPSA) is 119 Å². The van der Waals surface area contributed by atoms with Crippen LogP contribution in [-0.4, -0.2) is 33.6 Å². The molecule has 3 rings (SSSR count). The highest BCUT2D eigenvalue weighted by atomic mass is 16.5. The van der Waals surface area contributed by atoms with Crippen LogP contribution >= 0.6 is 0 Å². The number of para-hydroxylation sites is 1. The molecule has 0 fully saturated rings.